The molecule has 0 amide bonds. The molecule has 0 unspecified atom stereocenters. The molecule has 1 radical (unpaired) electrons. The van der Waals surface area contributed by atoms with Gasteiger partial charge >= 0.3 is 0 Å². The number of aliphatic hydroxyl groups is 1. The summed E-state index contributed by atoms with van der Waals surface area (Å²) in [6.45, 7) is 0. The van der Waals surface area contributed by atoms with Crippen LogP contribution in [0.5, 0.6) is 0 Å². The normalized spacial score (nSPS) is 15.1. The molecule has 0 spiro atoms. The molecule has 0 atom stereocenters. The van der Waals surface area contributed by atoms with Crippen LogP contribution in [0.15, 0.2) is 24.3 Å². The van der Waals surface area contributed by atoms with E-state index in [1.54, 1.807) is 0 Å². The van der Waals surface area contributed by atoms with E-state index < -0.39 is 0 Å². The summed E-state index contributed by atoms with van der Waals surface area (Å²) in [7, 11) is 1.00. The zero-order chi connectivity index (χ0) is 7.66. The topological polar surface area (TPSA) is 20.2 Å². The summed E-state index contributed by atoms with van der Waals surface area (Å²) in [6, 6.07) is 0. The van der Waals surface area contributed by atoms with Crippen molar-refractivity contribution >= 4 is 0 Å². The summed E-state index contributed by atoms with van der Waals surface area (Å²) in [4.78, 5) is 0. The largest absolute Gasteiger partial charge is 0.400 e. The third kappa shape index (κ3) is 10.1. The molecule has 0 aromatic rings. The zero-order valence-corrected chi connectivity index (χ0v) is 8.56. The summed E-state index contributed by atoms with van der Waals surface area (Å²) < 4.78 is 0. The average molecular weight is 243 g/mol. The second-order valence-corrected chi connectivity index (χ2v) is 2.10. The van der Waals surface area contributed by atoms with Crippen LogP contribution in [0.4, 0.5) is 0 Å². The number of allylic oxidation sites excluding steroid dienone is 4. The van der Waals surface area contributed by atoms with Crippen LogP contribution >= 0.6 is 0 Å². The molecule has 11 heavy (non-hydrogen) atoms. The van der Waals surface area contributed by atoms with Crippen LogP contribution in [0.3, 0.4) is 0 Å². The van der Waals surface area contributed by atoms with Crippen LogP contribution in [-0.2, 0) is 19.5 Å². The van der Waals surface area contributed by atoms with Gasteiger partial charge in [0, 0.05) is 26.6 Å². The van der Waals surface area contributed by atoms with Gasteiger partial charge in [-0.1, -0.05) is 24.3 Å². The summed E-state index contributed by atoms with van der Waals surface area (Å²) in [5.41, 5.74) is 0. The Morgan fingerprint density at radius 1 is 0.727 bits per heavy atom. The second-order valence-electron chi connectivity index (χ2n) is 2.10. The minimum absolute atomic E-state index is 0. The standard InChI is InChI=1S/C8H12.CH4O.Rh/c1-2-4-6-8-7-5-3-1;1-2;/h1-2,7-8H,3-6H2;2H,1H3;. The Morgan fingerprint density at radius 3 is 1.09 bits per heavy atom. The minimum Gasteiger partial charge on any atom is -0.400 e. The van der Waals surface area contributed by atoms with E-state index in [9.17, 15) is 0 Å². The molecule has 67 valence electrons. The van der Waals surface area contributed by atoms with Crippen molar-refractivity contribution in [2.75, 3.05) is 7.11 Å². The maximum Gasteiger partial charge on any atom is 0.0319 e. The van der Waals surface area contributed by atoms with Gasteiger partial charge in [-0.25, -0.2) is 0 Å². The van der Waals surface area contributed by atoms with Crippen molar-refractivity contribution in [2.24, 2.45) is 0 Å². The average Bonchev–Trinajstić information content (AvgIpc) is 1.90. The van der Waals surface area contributed by atoms with Gasteiger partial charge in [-0.2, -0.15) is 0 Å². The van der Waals surface area contributed by atoms with Crippen molar-refractivity contribution in [3.05, 3.63) is 24.3 Å². The Hall–Kier alpha value is 0.0634. The first-order chi connectivity index (χ1) is 5.00. The van der Waals surface area contributed by atoms with Gasteiger partial charge < -0.3 is 5.11 Å². The van der Waals surface area contributed by atoms with Crippen molar-refractivity contribution in [3.8, 4) is 0 Å². The van der Waals surface area contributed by atoms with Crippen LogP contribution in [0.25, 0.3) is 0 Å². The minimum atomic E-state index is 0. The Labute approximate surface area is 82.0 Å². The van der Waals surface area contributed by atoms with E-state index in [-0.39, 0.29) is 19.5 Å². The van der Waals surface area contributed by atoms with Gasteiger partial charge in [0.2, 0.25) is 0 Å². The molecule has 0 bridgehead atoms. The molecule has 0 saturated carbocycles. The fourth-order valence-corrected chi connectivity index (χ4v) is 0.856. The van der Waals surface area contributed by atoms with Gasteiger partial charge in [0.05, 0.1) is 0 Å². The number of rotatable bonds is 0. The van der Waals surface area contributed by atoms with Crippen LogP contribution in [-0.4, -0.2) is 12.2 Å². The van der Waals surface area contributed by atoms with Crippen molar-refractivity contribution < 1.29 is 24.6 Å². The Kier molecular flexibility index (Phi) is 15.8. The van der Waals surface area contributed by atoms with Gasteiger partial charge in [0.25, 0.3) is 0 Å². The fourth-order valence-electron chi connectivity index (χ4n) is 0.856. The van der Waals surface area contributed by atoms with Gasteiger partial charge in [-0.15, -0.1) is 0 Å². The van der Waals surface area contributed by atoms with Crippen molar-refractivity contribution in [2.45, 2.75) is 25.7 Å². The molecule has 1 N–H and O–H groups in total. The maximum atomic E-state index is 7.00. The molecule has 0 aromatic heterocycles. The smallest absolute Gasteiger partial charge is 0.0319 e. The van der Waals surface area contributed by atoms with Gasteiger partial charge in [0.15, 0.2) is 0 Å². The third-order valence-electron chi connectivity index (χ3n) is 1.33. The predicted molar refractivity (Wildman–Crippen MR) is 44.9 cm³/mol. The zero-order valence-electron chi connectivity index (χ0n) is 6.92. The molecule has 1 rings (SSSR count). The summed E-state index contributed by atoms with van der Waals surface area (Å²) >= 11 is 0. The number of hydrogen-bond donors (Lipinski definition) is 1. The number of aliphatic hydroxyl groups excluding tert-OH is 1. The first kappa shape index (κ1) is 13.6. The van der Waals surface area contributed by atoms with Crippen molar-refractivity contribution in [1.29, 1.82) is 0 Å². The van der Waals surface area contributed by atoms with Crippen molar-refractivity contribution in [3.63, 3.8) is 0 Å². The summed E-state index contributed by atoms with van der Waals surface area (Å²) in [6.07, 6.45) is 14.0. The number of hydrogen-bond acceptors (Lipinski definition) is 1. The third-order valence-corrected chi connectivity index (χ3v) is 1.33. The van der Waals surface area contributed by atoms with Crippen LogP contribution in [0, 0.1) is 0 Å². The molecule has 0 saturated heterocycles. The van der Waals surface area contributed by atoms with Gasteiger partial charge in [0.1, 0.15) is 0 Å². The summed E-state index contributed by atoms with van der Waals surface area (Å²) in [5.74, 6) is 0. The first-order valence-corrected chi connectivity index (χ1v) is 3.75. The molecule has 1 aliphatic carbocycles. The molecule has 0 aromatic carbocycles. The fraction of sp³-hybridized carbons (Fsp3) is 0.556. The molecule has 1 nitrogen and oxygen atoms in total. The van der Waals surface area contributed by atoms with E-state index in [0.717, 1.165) is 7.11 Å². The SMILES string of the molecule is C1=CCCC=CCC1.CO.[Rh]. The molecule has 0 aliphatic heterocycles. The second kappa shape index (κ2) is 12.7. The van der Waals surface area contributed by atoms with Crippen LogP contribution < -0.4 is 0 Å². The molecule has 1 aliphatic rings. The molecular weight excluding hydrogens is 227 g/mol. The molecule has 0 fully saturated rings. The maximum absolute atomic E-state index is 7.00. The van der Waals surface area contributed by atoms with Gasteiger partial charge in [-0.05, 0) is 25.7 Å². The van der Waals surface area contributed by atoms with E-state index in [4.69, 9.17) is 5.11 Å². The monoisotopic (exact) mass is 243 g/mol. The van der Waals surface area contributed by atoms with E-state index in [0.29, 0.717) is 0 Å². The first-order valence-electron chi connectivity index (χ1n) is 3.75. The van der Waals surface area contributed by atoms with E-state index in [1.165, 1.54) is 25.7 Å². The quantitative estimate of drug-likeness (QED) is 0.511. The predicted octanol–water partition coefficient (Wildman–Crippen LogP) is 2.28. The Balaban J connectivity index is 0. The Bertz CT molecular complexity index is 82.1. The van der Waals surface area contributed by atoms with E-state index in [1.807, 2.05) is 0 Å². The van der Waals surface area contributed by atoms with E-state index >= 15 is 0 Å². The summed E-state index contributed by atoms with van der Waals surface area (Å²) in [5, 5.41) is 7.00. The van der Waals surface area contributed by atoms with Gasteiger partial charge in [-0.3, -0.25) is 0 Å². The van der Waals surface area contributed by atoms with E-state index in [2.05, 4.69) is 24.3 Å². The molecule has 0 heterocycles. The van der Waals surface area contributed by atoms with Crippen LogP contribution in [0.1, 0.15) is 25.7 Å². The van der Waals surface area contributed by atoms with Crippen molar-refractivity contribution in [1.82, 2.24) is 0 Å². The molecule has 2 heteroatoms. The Morgan fingerprint density at radius 2 is 0.909 bits per heavy atom. The van der Waals surface area contributed by atoms with Crippen LogP contribution in [0.2, 0.25) is 0 Å². The molecular formula is C9H16ORh.